The average molecular weight is 247 g/mol. The number of ketones is 1. The molecule has 0 aliphatic carbocycles. The summed E-state index contributed by atoms with van der Waals surface area (Å²) in [5.74, 6) is -0.519. The monoisotopic (exact) mass is 247 g/mol. The molecule has 1 amide bonds. The van der Waals surface area contributed by atoms with Gasteiger partial charge in [0.1, 0.15) is 6.61 Å². The van der Waals surface area contributed by atoms with E-state index in [0.29, 0.717) is 0 Å². The van der Waals surface area contributed by atoms with E-state index in [-0.39, 0.29) is 6.61 Å². The summed E-state index contributed by atoms with van der Waals surface area (Å²) < 4.78 is 4.92. The first-order valence-electron chi connectivity index (χ1n) is 5.32. The lowest BCUT2D eigenvalue weighted by Gasteiger charge is -2.09. The van der Waals surface area contributed by atoms with Crippen molar-refractivity contribution >= 4 is 18.1 Å². The minimum Gasteiger partial charge on any atom is -0.445 e. The summed E-state index contributed by atoms with van der Waals surface area (Å²) in [7, 11) is 0. The summed E-state index contributed by atoms with van der Waals surface area (Å²) in [6.45, 7) is 1.59. The molecule has 6 heteroatoms. The van der Waals surface area contributed by atoms with Crippen LogP contribution < -0.4 is 5.32 Å². The first-order valence-corrected chi connectivity index (χ1v) is 5.32. The highest BCUT2D eigenvalue weighted by Crippen LogP contribution is 2.00. The van der Waals surface area contributed by atoms with Crippen LogP contribution in [0.25, 0.3) is 5.53 Å². The average Bonchev–Trinajstić information content (AvgIpc) is 2.38. The Morgan fingerprint density at radius 2 is 2.11 bits per heavy atom. The van der Waals surface area contributed by atoms with Gasteiger partial charge in [-0.2, -0.15) is 4.79 Å². The van der Waals surface area contributed by atoms with Gasteiger partial charge in [-0.15, -0.1) is 0 Å². The lowest BCUT2D eigenvalue weighted by molar-refractivity contribution is -0.117. The molecule has 1 N–H and O–H groups in total. The van der Waals surface area contributed by atoms with Crippen LogP contribution in [0, 0.1) is 0 Å². The number of carbonyl (C=O) groups excluding carboxylic acids is 2. The number of amides is 1. The van der Waals surface area contributed by atoms with E-state index >= 15 is 0 Å². The normalized spacial score (nSPS) is 10.9. The van der Waals surface area contributed by atoms with E-state index in [0.717, 1.165) is 11.8 Å². The zero-order chi connectivity index (χ0) is 13.4. The standard InChI is InChI=1S/C12H13N3O3/c1-9(11(16)7-14-13)15-12(17)18-8-10-5-3-2-4-6-10/h2-7,9H,8H2,1H3,(H,15,17). The second-order valence-electron chi connectivity index (χ2n) is 3.57. The molecule has 1 rings (SSSR count). The van der Waals surface area contributed by atoms with Crippen molar-refractivity contribution in [2.75, 3.05) is 0 Å². The van der Waals surface area contributed by atoms with Gasteiger partial charge in [0.25, 0.3) is 5.78 Å². The minimum absolute atomic E-state index is 0.127. The summed E-state index contributed by atoms with van der Waals surface area (Å²) in [4.78, 5) is 25.1. The molecule has 94 valence electrons. The van der Waals surface area contributed by atoms with E-state index in [1.54, 1.807) is 0 Å². The van der Waals surface area contributed by atoms with E-state index in [4.69, 9.17) is 10.3 Å². The van der Waals surface area contributed by atoms with E-state index in [1.165, 1.54) is 6.92 Å². The van der Waals surface area contributed by atoms with Crippen LogP contribution in [0.3, 0.4) is 0 Å². The summed E-state index contributed by atoms with van der Waals surface area (Å²) in [6, 6.07) is 8.36. The molecule has 0 spiro atoms. The van der Waals surface area contributed by atoms with Gasteiger partial charge in [-0.3, -0.25) is 4.79 Å². The van der Waals surface area contributed by atoms with Gasteiger partial charge in [0.2, 0.25) is 0 Å². The molecule has 1 aromatic rings. The SMILES string of the molecule is CC(NC(=O)OCc1ccccc1)C(=O)C=[N+]=[N-]. The minimum atomic E-state index is -0.802. The molecule has 0 saturated heterocycles. The Hall–Kier alpha value is -2.46. The van der Waals surface area contributed by atoms with Crippen molar-refractivity contribution in [3.8, 4) is 0 Å². The smallest absolute Gasteiger partial charge is 0.408 e. The van der Waals surface area contributed by atoms with Gasteiger partial charge < -0.3 is 15.6 Å². The van der Waals surface area contributed by atoms with Crippen LogP contribution in [-0.2, 0) is 16.1 Å². The molecule has 0 bridgehead atoms. The third kappa shape index (κ3) is 4.59. The van der Waals surface area contributed by atoms with Crippen LogP contribution in [0.1, 0.15) is 12.5 Å². The maximum Gasteiger partial charge on any atom is 0.408 e. The first kappa shape index (κ1) is 13.6. The van der Waals surface area contributed by atoms with Crippen LogP contribution in [0.5, 0.6) is 0 Å². The fourth-order valence-corrected chi connectivity index (χ4v) is 1.18. The van der Waals surface area contributed by atoms with Gasteiger partial charge >= 0.3 is 12.3 Å². The van der Waals surface area contributed by atoms with Gasteiger partial charge in [-0.1, -0.05) is 30.3 Å². The van der Waals surface area contributed by atoms with Crippen LogP contribution in [-0.4, -0.2) is 28.9 Å². The molecule has 0 heterocycles. The van der Waals surface area contributed by atoms with Crippen molar-refractivity contribution in [3.63, 3.8) is 0 Å². The number of rotatable bonds is 5. The van der Waals surface area contributed by atoms with Crippen LogP contribution in [0.15, 0.2) is 30.3 Å². The Bertz CT molecular complexity index is 467. The number of nitrogens with one attached hydrogen (secondary N) is 1. The zero-order valence-corrected chi connectivity index (χ0v) is 9.87. The van der Waals surface area contributed by atoms with Crippen LogP contribution in [0.2, 0.25) is 0 Å². The number of alkyl carbamates (subject to hydrolysis) is 1. The summed E-state index contributed by atoms with van der Waals surface area (Å²) in [5, 5.41) is 2.32. The second kappa shape index (κ2) is 6.98. The van der Waals surface area contributed by atoms with E-state index in [2.05, 4.69) is 10.1 Å². The zero-order valence-electron chi connectivity index (χ0n) is 9.87. The van der Waals surface area contributed by atoms with Gasteiger partial charge in [0.15, 0.2) is 0 Å². The summed E-state index contributed by atoms with van der Waals surface area (Å²) in [6.07, 6.45) is 0.0216. The molecule has 0 aromatic heterocycles. The molecule has 0 radical (unpaired) electrons. The second-order valence-corrected chi connectivity index (χ2v) is 3.57. The molecular weight excluding hydrogens is 234 g/mol. The third-order valence-electron chi connectivity index (χ3n) is 2.16. The third-order valence-corrected chi connectivity index (χ3v) is 2.16. The Labute approximate surface area is 104 Å². The van der Waals surface area contributed by atoms with Crippen LogP contribution >= 0.6 is 0 Å². The lowest BCUT2D eigenvalue weighted by atomic mass is 10.2. The number of benzene rings is 1. The van der Waals surface area contributed by atoms with Gasteiger partial charge in [-0.05, 0) is 12.5 Å². The molecule has 1 atom stereocenters. The first-order chi connectivity index (χ1) is 8.63. The Morgan fingerprint density at radius 1 is 1.44 bits per heavy atom. The quantitative estimate of drug-likeness (QED) is 0.481. The highest BCUT2D eigenvalue weighted by atomic mass is 16.5. The maximum absolute atomic E-state index is 11.3. The largest absolute Gasteiger partial charge is 0.445 e. The van der Waals surface area contributed by atoms with Crippen molar-refractivity contribution in [1.82, 2.24) is 5.32 Å². The fourth-order valence-electron chi connectivity index (χ4n) is 1.18. The van der Waals surface area contributed by atoms with Crippen molar-refractivity contribution in [3.05, 3.63) is 41.4 Å². The predicted molar refractivity (Wildman–Crippen MR) is 63.9 cm³/mol. The number of carbonyl (C=O) groups is 2. The molecule has 1 unspecified atom stereocenters. The Balaban J connectivity index is 2.38. The molecular formula is C12H13N3O3. The molecule has 1 aromatic carbocycles. The number of nitrogens with zero attached hydrogens (tertiary/aromatic N) is 2. The molecule has 6 nitrogen and oxygen atoms in total. The number of hydrogen-bond acceptors (Lipinski definition) is 3. The predicted octanol–water partition coefficient (Wildman–Crippen LogP) is 1.17. The van der Waals surface area contributed by atoms with Gasteiger partial charge in [0.05, 0.1) is 6.04 Å². The van der Waals surface area contributed by atoms with Crippen molar-refractivity contribution in [1.29, 1.82) is 0 Å². The lowest BCUT2D eigenvalue weighted by Crippen LogP contribution is -2.39. The van der Waals surface area contributed by atoms with Gasteiger partial charge in [-0.25, -0.2) is 4.79 Å². The fraction of sp³-hybridized carbons (Fsp3) is 0.250. The number of hydrogen-bond donors (Lipinski definition) is 1. The molecule has 0 saturated carbocycles. The van der Waals surface area contributed by atoms with E-state index < -0.39 is 17.9 Å². The number of Topliss-reactive ketones (excluding diaryl/α,β-unsaturated/α-hetero) is 1. The molecule has 0 fully saturated rings. The Kier molecular flexibility index (Phi) is 5.28. The van der Waals surface area contributed by atoms with E-state index in [1.807, 2.05) is 30.3 Å². The molecule has 0 aliphatic heterocycles. The maximum atomic E-state index is 11.3. The van der Waals surface area contributed by atoms with Crippen molar-refractivity contribution < 1.29 is 19.1 Å². The molecule has 18 heavy (non-hydrogen) atoms. The molecule has 0 aliphatic rings. The van der Waals surface area contributed by atoms with Gasteiger partial charge in [0, 0.05) is 0 Å². The number of ether oxygens (including phenoxy) is 1. The Morgan fingerprint density at radius 3 is 2.72 bits per heavy atom. The summed E-state index contributed by atoms with van der Waals surface area (Å²) in [5.41, 5.74) is 9.03. The van der Waals surface area contributed by atoms with E-state index in [9.17, 15) is 9.59 Å². The highest BCUT2D eigenvalue weighted by molar-refractivity contribution is 6.27. The topological polar surface area (TPSA) is 91.8 Å². The summed E-state index contributed by atoms with van der Waals surface area (Å²) >= 11 is 0. The van der Waals surface area contributed by atoms with Crippen molar-refractivity contribution in [2.45, 2.75) is 19.6 Å². The van der Waals surface area contributed by atoms with Crippen molar-refractivity contribution in [2.24, 2.45) is 0 Å². The highest BCUT2D eigenvalue weighted by Gasteiger charge is 2.17. The van der Waals surface area contributed by atoms with Crippen LogP contribution in [0.4, 0.5) is 4.79 Å².